The first-order valence-electron chi connectivity index (χ1n) is 7.26. The van der Waals surface area contributed by atoms with E-state index in [9.17, 15) is 5.11 Å². The van der Waals surface area contributed by atoms with Crippen molar-refractivity contribution in [1.82, 2.24) is 9.78 Å². The third kappa shape index (κ3) is 3.62. The molecule has 1 aromatic carbocycles. The zero-order chi connectivity index (χ0) is 15.8. The van der Waals surface area contributed by atoms with Crippen LogP contribution in [0.5, 0.6) is 5.75 Å². The van der Waals surface area contributed by atoms with E-state index < -0.39 is 0 Å². The molecule has 0 bridgehead atoms. The molecule has 0 aliphatic heterocycles. The van der Waals surface area contributed by atoms with E-state index in [1.807, 2.05) is 35.5 Å². The number of aromatic nitrogens is 2. The fourth-order valence-corrected chi connectivity index (χ4v) is 3.31. The molecule has 4 heteroatoms. The second kappa shape index (κ2) is 5.76. The Balaban J connectivity index is 2.43. The van der Waals surface area contributed by atoms with Crippen molar-refractivity contribution in [2.45, 2.75) is 57.2 Å². The van der Waals surface area contributed by atoms with Crippen molar-refractivity contribution < 1.29 is 5.11 Å². The summed E-state index contributed by atoms with van der Waals surface area (Å²) in [5.74, 6) is 0.279. The van der Waals surface area contributed by atoms with Gasteiger partial charge in [-0.15, -0.1) is 11.8 Å². The fraction of sp³-hybridized carbons (Fsp3) is 0.471. The molecule has 1 aromatic heterocycles. The van der Waals surface area contributed by atoms with Crippen molar-refractivity contribution in [3.8, 4) is 17.0 Å². The number of benzene rings is 1. The smallest absolute Gasteiger partial charge is 0.164 e. The average molecular weight is 304 g/mol. The van der Waals surface area contributed by atoms with Gasteiger partial charge in [0.15, 0.2) is 5.75 Å². The van der Waals surface area contributed by atoms with Gasteiger partial charge >= 0.3 is 0 Å². The number of aromatic hydroxyl groups is 1. The molecule has 2 rings (SSSR count). The van der Waals surface area contributed by atoms with Crippen LogP contribution in [0.3, 0.4) is 0 Å². The SMILES string of the molecule is Cc1c(O)c(-c2cccc(SC(C)(C)C)c2)nn1C(C)C. The first kappa shape index (κ1) is 16.0. The molecule has 0 unspecified atom stereocenters. The molecule has 0 atom stereocenters. The van der Waals surface area contributed by atoms with Gasteiger partial charge in [-0.2, -0.15) is 5.10 Å². The number of hydrogen-bond acceptors (Lipinski definition) is 3. The predicted molar refractivity (Wildman–Crippen MR) is 90.1 cm³/mol. The third-order valence-corrected chi connectivity index (χ3v) is 4.24. The molecule has 0 amide bonds. The van der Waals surface area contributed by atoms with E-state index >= 15 is 0 Å². The van der Waals surface area contributed by atoms with Crippen LogP contribution in [0.25, 0.3) is 11.3 Å². The molecular formula is C17H24N2OS. The van der Waals surface area contributed by atoms with Gasteiger partial charge in [-0.05, 0) is 32.9 Å². The molecule has 1 N–H and O–H groups in total. The van der Waals surface area contributed by atoms with Crippen molar-refractivity contribution in [1.29, 1.82) is 0 Å². The van der Waals surface area contributed by atoms with Gasteiger partial charge in [0, 0.05) is 21.2 Å². The Hall–Kier alpha value is -1.42. The molecule has 0 fully saturated rings. The molecule has 1 heterocycles. The summed E-state index contributed by atoms with van der Waals surface area (Å²) in [6, 6.07) is 8.45. The van der Waals surface area contributed by atoms with Crippen LogP contribution in [-0.4, -0.2) is 19.6 Å². The van der Waals surface area contributed by atoms with Crippen LogP contribution < -0.4 is 0 Å². The first-order valence-corrected chi connectivity index (χ1v) is 8.08. The Labute approximate surface area is 131 Å². The molecular weight excluding hydrogens is 280 g/mol. The number of hydrogen-bond donors (Lipinski definition) is 1. The maximum atomic E-state index is 10.4. The summed E-state index contributed by atoms with van der Waals surface area (Å²) in [4.78, 5) is 1.19. The van der Waals surface area contributed by atoms with E-state index in [1.54, 1.807) is 0 Å². The molecule has 0 aliphatic carbocycles. The van der Waals surface area contributed by atoms with Crippen LogP contribution in [0.1, 0.15) is 46.4 Å². The third-order valence-electron chi connectivity index (χ3n) is 3.14. The van der Waals surface area contributed by atoms with E-state index in [4.69, 9.17) is 0 Å². The highest BCUT2D eigenvalue weighted by atomic mass is 32.2. The summed E-state index contributed by atoms with van der Waals surface area (Å²) in [5, 5.41) is 14.9. The molecule has 0 saturated heterocycles. The van der Waals surface area contributed by atoms with Gasteiger partial charge < -0.3 is 5.11 Å². The highest BCUT2D eigenvalue weighted by Gasteiger charge is 2.18. The summed E-state index contributed by atoms with van der Waals surface area (Å²) in [6.45, 7) is 12.6. The largest absolute Gasteiger partial charge is 0.504 e. The van der Waals surface area contributed by atoms with E-state index in [0.717, 1.165) is 11.3 Å². The topological polar surface area (TPSA) is 38.1 Å². The predicted octanol–water partition coefficient (Wildman–Crippen LogP) is 5.04. The van der Waals surface area contributed by atoms with Crippen LogP contribution in [0.4, 0.5) is 0 Å². The van der Waals surface area contributed by atoms with Gasteiger partial charge in [0.1, 0.15) is 5.69 Å². The zero-order valence-corrected chi connectivity index (χ0v) is 14.5. The second-order valence-electron chi connectivity index (χ2n) is 6.56. The lowest BCUT2D eigenvalue weighted by Crippen LogP contribution is -2.06. The summed E-state index contributed by atoms with van der Waals surface area (Å²) in [7, 11) is 0. The van der Waals surface area contributed by atoms with Gasteiger partial charge in [0.25, 0.3) is 0 Å². The Morgan fingerprint density at radius 3 is 2.43 bits per heavy atom. The quantitative estimate of drug-likeness (QED) is 0.808. The highest BCUT2D eigenvalue weighted by Crippen LogP contribution is 2.37. The summed E-state index contributed by atoms with van der Waals surface area (Å²) in [6.07, 6.45) is 0. The maximum absolute atomic E-state index is 10.4. The lowest BCUT2D eigenvalue weighted by Gasteiger charge is -2.17. The van der Waals surface area contributed by atoms with Crippen molar-refractivity contribution >= 4 is 11.8 Å². The van der Waals surface area contributed by atoms with E-state index in [0.29, 0.717) is 5.69 Å². The molecule has 114 valence electrons. The Kier molecular flexibility index (Phi) is 4.38. The molecule has 21 heavy (non-hydrogen) atoms. The molecule has 0 radical (unpaired) electrons. The highest BCUT2D eigenvalue weighted by molar-refractivity contribution is 8.00. The van der Waals surface area contributed by atoms with Crippen LogP contribution >= 0.6 is 11.8 Å². The number of rotatable bonds is 3. The fourth-order valence-electron chi connectivity index (χ4n) is 2.27. The molecule has 0 aliphatic rings. The monoisotopic (exact) mass is 304 g/mol. The minimum Gasteiger partial charge on any atom is -0.504 e. The van der Waals surface area contributed by atoms with Gasteiger partial charge in [0.2, 0.25) is 0 Å². The van der Waals surface area contributed by atoms with Crippen LogP contribution in [-0.2, 0) is 0 Å². The molecule has 0 spiro atoms. The molecule has 3 nitrogen and oxygen atoms in total. The van der Waals surface area contributed by atoms with Crippen molar-refractivity contribution in [2.75, 3.05) is 0 Å². The van der Waals surface area contributed by atoms with E-state index in [2.05, 4.69) is 51.9 Å². The van der Waals surface area contributed by atoms with Gasteiger partial charge in [-0.25, -0.2) is 0 Å². The van der Waals surface area contributed by atoms with Crippen molar-refractivity contribution in [2.24, 2.45) is 0 Å². The molecule has 2 aromatic rings. The van der Waals surface area contributed by atoms with Crippen LogP contribution in [0, 0.1) is 6.92 Å². The van der Waals surface area contributed by atoms with Crippen molar-refractivity contribution in [3.05, 3.63) is 30.0 Å². The zero-order valence-electron chi connectivity index (χ0n) is 13.6. The minimum atomic E-state index is 0.161. The first-order chi connectivity index (χ1) is 9.69. The summed E-state index contributed by atoms with van der Waals surface area (Å²) >= 11 is 1.82. The summed E-state index contributed by atoms with van der Waals surface area (Å²) < 4.78 is 2.03. The van der Waals surface area contributed by atoms with Gasteiger partial charge in [0.05, 0.1) is 5.69 Å². The lowest BCUT2D eigenvalue weighted by molar-refractivity contribution is 0.461. The lowest BCUT2D eigenvalue weighted by atomic mass is 10.1. The number of thioether (sulfide) groups is 1. The van der Waals surface area contributed by atoms with Gasteiger partial charge in [-0.1, -0.05) is 32.9 Å². The number of nitrogens with zero attached hydrogens (tertiary/aromatic N) is 2. The van der Waals surface area contributed by atoms with Crippen molar-refractivity contribution in [3.63, 3.8) is 0 Å². The standard InChI is InChI=1S/C17H24N2OS/c1-11(2)19-12(3)16(20)15(18-19)13-8-7-9-14(10-13)21-17(4,5)6/h7-11,20H,1-6H3. The Morgan fingerprint density at radius 1 is 1.24 bits per heavy atom. The minimum absolute atomic E-state index is 0.161. The van der Waals surface area contributed by atoms with Gasteiger partial charge in [-0.3, -0.25) is 4.68 Å². The normalized spacial score (nSPS) is 12.1. The average Bonchev–Trinajstić information content (AvgIpc) is 2.65. The van der Waals surface area contributed by atoms with Crippen LogP contribution in [0.2, 0.25) is 0 Å². The molecule has 0 saturated carbocycles. The second-order valence-corrected chi connectivity index (χ2v) is 8.46. The van der Waals surface area contributed by atoms with E-state index in [1.165, 1.54) is 4.90 Å². The summed E-state index contributed by atoms with van der Waals surface area (Å²) in [5.41, 5.74) is 2.44. The Morgan fingerprint density at radius 2 is 1.90 bits per heavy atom. The van der Waals surface area contributed by atoms with E-state index in [-0.39, 0.29) is 16.5 Å². The maximum Gasteiger partial charge on any atom is 0.164 e. The van der Waals surface area contributed by atoms with Crippen LogP contribution in [0.15, 0.2) is 29.2 Å². The Bertz CT molecular complexity index is 639.